The van der Waals surface area contributed by atoms with Crippen LogP contribution in [0.3, 0.4) is 0 Å². The number of rotatable bonds is 2. The Hall–Kier alpha value is -1.91. The number of carboxylic acids is 1. The van der Waals surface area contributed by atoms with Gasteiger partial charge in [0.25, 0.3) is 0 Å². The molecule has 0 saturated heterocycles. The Balaban J connectivity index is 2.36. The molecule has 80 valence electrons. The van der Waals surface area contributed by atoms with Crippen LogP contribution >= 0.6 is 0 Å². The first kappa shape index (κ1) is 9.64. The molecule has 0 unspecified atom stereocenters. The van der Waals surface area contributed by atoms with Crippen LogP contribution in [0.1, 0.15) is 5.56 Å². The van der Waals surface area contributed by atoms with E-state index in [4.69, 9.17) is 20.3 Å². The number of carboxylic acid groups (broad SMARTS) is 1. The largest absolute Gasteiger partial charge is 0.486 e. The Morgan fingerprint density at radius 3 is 2.53 bits per heavy atom. The summed E-state index contributed by atoms with van der Waals surface area (Å²) >= 11 is 0. The molecule has 5 heteroatoms. The molecule has 15 heavy (non-hydrogen) atoms. The van der Waals surface area contributed by atoms with Crippen LogP contribution in [0, 0.1) is 0 Å². The molecule has 1 aromatic rings. The second kappa shape index (κ2) is 3.68. The number of carbonyl (C=O) groups is 1. The first-order valence-corrected chi connectivity index (χ1v) is 4.56. The van der Waals surface area contributed by atoms with Gasteiger partial charge in [0, 0.05) is 11.8 Å². The van der Waals surface area contributed by atoms with Crippen LogP contribution < -0.4 is 15.2 Å². The lowest BCUT2D eigenvalue weighted by Gasteiger charge is -2.19. The first-order valence-electron chi connectivity index (χ1n) is 4.56. The van der Waals surface area contributed by atoms with Gasteiger partial charge in [0.2, 0.25) is 0 Å². The summed E-state index contributed by atoms with van der Waals surface area (Å²) in [7, 11) is 0. The highest BCUT2D eigenvalue weighted by Crippen LogP contribution is 2.34. The fraction of sp³-hybridized carbons (Fsp3) is 0.300. The molecule has 0 bridgehead atoms. The summed E-state index contributed by atoms with van der Waals surface area (Å²) in [5.74, 6) is 0.220. The van der Waals surface area contributed by atoms with E-state index in [0.29, 0.717) is 36.0 Å². The third-order valence-corrected chi connectivity index (χ3v) is 2.15. The number of benzene rings is 1. The fourth-order valence-electron chi connectivity index (χ4n) is 1.46. The number of hydrogen-bond acceptors (Lipinski definition) is 4. The average molecular weight is 209 g/mol. The first-order chi connectivity index (χ1) is 7.16. The van der Waals surface area contributed by atoms with Crippen LogP contribution in [0.15, 0.2) is 12.1 Å². The lowest BCUT2D eigenvalue weighted by molar-refractivity contribution is -0.136. The van der Waals surface area contributed by atoms with Gasteiger partial charge in [-0.15, -0.1) is 0 Å². The lowest BCUT2D eigenvalue weighted by atomic mass is 10.1. The smallest absolute Gasteiger partial charge is 0.307 e. The maximum atomic E-state index is 10.6. The minimum atomic E-state index is -0.918. The maximum absolute atomic E-state index is 10.6. The Kier molecular flexibility index (Phi) is 2.37. The normalized spacial score (nSPS) is 13.6. The number of fused-ring (bicyclic) bond motifs is 1. The molecule has 1 aliphatic heterocycles. The zero-order valence-electron chi connectivity index (χ0n) is 8.03. The number of hydrogen-bond donors (Lipinski definition) is 2. The van der Waals surface area contributed by atoms with Crippen molar-refractivity contribution in [2.45, 2.75) is 6.42 Å². The van der Waals surface area contributed by atoms with E-state index in [1.165, 1.54) is 0 Å². The van der Waals surface area contributed by atoms with E-state index in [1.54, 1.807) is 12.1 Å². The van der Waals surface area contributed by atoms with Crippen molar-refractivity contribution in [2.75, 3.05) is 18.9 Å². The van der Waals surface area contributed by atoms with Crippen molar-refractivity contribution in [3.05, 3.63) is 17.7 Å². The highest BCUT2D eigenvalue weighted by Gasteiger charge is 2.15. The molecule has 0 fully saturated rings. The quantitative estimate of drug-likeness (QED) is 0.699. The molecule has 1 aromatic carbocycles. The van der Waals surface area contributed by atoms with Crippen molar-refractivity contribution in [3.63, 3.8) is 0 Å². The summed E-state index contributed by atoms with van der Waals surface area (Å²) in [5, 5.41) is 8.67. The standard InChI is InChI=1S/C10H11NO4/c11-7-5-9-8(14-1-2-15-9)3-6(7)4-10(12)13/h3,5H,1-2,4,11H2,(H,12,13). The maximum Gasteiger partial charge on any atom is 0.307 e. The lowest BCUT2D eigenvalue weighted by Crippen LogP contribution is -2.16. The third-order valence-electron chi connectivity index (χ3n) is 2.15. The van der Waals surface area contributed by atoms with Crippen LogP contribution in [-0.4, -0.2) is 24.3 Å². The number of nitrogens with two attached hydrogens (primary N) is 1. The topological polar surface area (TPSA) is 81.8 Å². The number of nitrogen functional groups attached to an aromatic ring is 1. The SMILES string of the molecule is Nc1cc2c(cc1CC(=O)O)OCCO2. The van der Waals surface area contributed by atoms with E-state index < -0.39 is 5.97 Å². The third kappa shape index (κ3) is 1.96. The Labute approximate surface area is 86.4 Å². The Morgan fingerprint density at radius 2 is 1.93 bits per heavy atom. The van der Waals surface area contributed by atoms with Crippen LogP contribution in [0.5, 0.6) is 11.5 Å². The van der Waals surface area contributed by atoms with Gasteiger partial charge >= 0.3 is 5.97 Å². The molecular formula is C10H11NO4. The molecule has 0 spiro atoms. The fourth-order valence-corrected chi connectivity index (χ4v) is 1.46. The van der Waals surface area contributed by atoms with Gasteiger partial charge in [0.1, 0.15) is 13.2 Å². The summed E-state index contributed by atoms with van der Waals surface area (Å²) in [5.41, 5.74) is 6.66. The van der Waals surface area contributed by atoms with Gasteiger partial charge in [0.15, 0.2) is 11.5 Å². The average Bonchev–Trinajstić information content (AvgIpc) is 2.18. The van der Waals surface area contributed by atoms with Crippen molar-refractivity contribution in [3.8, 4) is 11.5 Å². The molecule has 3 N–H and O–H groups in total. The molecule has 1 heterocycles. The van der Waals surface area contributed by atoms with Gasteiger partial charge in [-0.1, -0.05) is 0 Å². The van der Waals surface area contributed by atoms with Gasteiger partial charge in [-0.25, -0.2) is 0 Å². The number of aliphatic carboxylic acids is 1. The summed E-state index contributed by atoms with van der Waals surface area (Å²) < 4.78 is 10.6. The molecule has 0 saturated carbocycles. The zero-order valence-corrected chi connectivity index (χ0v) is 8.03. The summed E-state index contributed by atoms with van der Waals surface area (Å²) in [6, 6.07) is 3.23. The van der Waals surface area contributed by atoms with Crippen molar-refractivity contribution < 1.29 is 19.4 Å². The molecule has 5 nitrogen and oxygen atoms in total. The number of ether oxygens (including phenoxy) is 2. The van der Waals surface area contributed by atoms with Crippen molar-refractivity contribution in [1.82, 2.24) is 0 Å². The summed E-state index contributed by atoms with van der Waals surface area (Å²) in [6.07, 6.45) is -0.109. The van der Waals surface area contributed by atoms with Gasteiger partial charge in [0.05, 0.1) is 6.42 Å². The van der Waals surface area contributed by atoms with E-state index in [1.807, 2.05) is 0 Å². The Bertz CT molecular complexity index is 403. The van der Waals surface area contributed by atoms with Crippen LogP contribution in [-0.2, 0) is 11.2 Å². The van der Waals surface area contributed by atoms with Gasteiger partial charge < -0.3 is 20.3 Å². The van der Waals surface area contributed by atoms with Crippen molar-refractivity contribution >= 4 is 11.7 Å². The molecule has 0 amide bonds. The molecular weight excluding hydrogens is 198 g/mol. The van der Waals surface area contributed by atoms with Crippen LogP contribution in [0.25, 0.3) is 0 Å². The van der Waals surface area contributed by atoms with Crippen LogP contribution in [0.4, 0.5) is 5.69 Å². The summed E-state index contributed by atoms with van der Waals surface area (Å²) in [6.45, 7) is 0.966. The second-order valence-corrected chi connectivity index (χ2v) is 3.27. The van der Waals surface area contributed by atoms with E-state index in [0.717, 1.165) is 0 Å². The molecule has 0 aliphatic carbocycles. The van der Waals surface area contributed by atoms with Crippen LogP contribution in [0.2, 0.25) is 0 Å². The predicted octanol–water partition coefficient (Wildman–Crippen LogP) is 0.667. The minimum absolute atomic E-state index is 0.109. The molecule has 1 aliphatic rings. The minimum Gasteiger partial charge on any atom is -0.486 e. The van der Waals surface area contributed by atoms with E-state index in [2.05, 4.69) is 0 Å². The molecule has 0 aromatic heterocycles. The monoisotopic (exact) mass is 209 g/mol. The zero-order chi connectivity index (χ0) is 10.8. The molecule has 0 radical (unpaired) electrons. The van der Waals surface area contributed by atoms with E-state index >= 15 is 0 Å². The highest BCUT2D eigenvalue weighted by atomic mass is 16.6. The van der Waals surface area contributed by atoms with Crippen molar-refractivity contribution in [2.24, 2.45) is 0 Å². The molecule has 2 rings (SSSR count). The number of anilines is 1. The van der Waals surface area contributed by atoms with Gasteiger partial charge in [-0.3, -0.25) is 4.79 Å². The molecule has 0 atom stereocenters. The van der Waals surface area contributed by atoms with Crippen molar-refractivity contribution in [1.29, 1.82) is 0 Å². The predicted molar refractivity (Wildman–Crippen MR) is 53.2 cm³/mol. The van der Waals surface area contributed by atoms with E-state index in [-0.39, 0.29) is 6.42 Å². The van der Waals surface area contributed by atoms with Gasteiger partial charge in [-0.05, 0) is 11.6 Å². The summed E-state index contributed by atoms with van der Waals surface area (Å²) in [4.78, 5) is 10.6. The van der Waals surface area contributed by atoms with Gasteiger partial charge in [-0.2, -0.15) is 0 Å². The highest BCUT2D eigenvalue weighted by molar-refractivity contribution is 5.74. The second-order valence-electron chi connectivity index (χ2n) is 3.27. The van der Waals surface area contributed by atoms with E-state index in [9.17, 15) is 4.79 Å². The Morgan fingerprint density at radius 1 is 1.33 bits per heavy atom.